The van der Waals surface area contributed by atoms with Gasteiger partial charge in [-0.25, -0.2) is 0 Å². The maximum atomic E-state index is 9.93. The molecule has 0 bridgehead atoms. The molecule has 52 valence electrons. The van der Waals surface area contributed by atoms with Crippen LogP contribution in [0.15, 0.2) is 0 Å². The van der Waals surface area contributed by atoms with Crippen molar-refractivity contribution in [2.24, 2.45) is 0 Å². The van der Waals surface area contributed by atoms with Crippen LogP contribution in [0.5, 0.6) is 0 Å². The van der Waals surface area contributed by atoms with Crippen molar-refractivity contribution >= 4 is 6.29 Å². The summed E-state index contributed by atoms with van der Waals surface area (Å²) in [7, 11) is 2.08. The van der Waals surface area contributed by atoms with Crippen LogP contribution >= 0.6 is 0 Å². The highest BCUT2D eigenvalue weighted by molar-refractivity contribution is 5.49. The second-order valence-electron chi connectivity index (χ2n) is 2.67. The molecule has 0 atom stereocenters. The van der Waals surface area contributed by atoms with Gasteiger partial charge in [0.05, 0.1) is 0 Å². The maximum absolute atomic E-state index is 9.93. The summed E-state index contributed by atoms with van der Waals surface area (Å²) in [6.45, 7) is 0.939. The van der Waals surface area contributed by atoms with Crippen molar-refractivity contribution in [1.82, 2.24) is 4.90 Å². The standard InChI is InChI=1S/C7H13NO/c1-8(5-2-6-9)7-3-4-7/h6-7H,2-5H2,1H3. The fraction of sp³-hybridized carbons (Fsp3) is 0.857. The molecule has 1 fully saturated rings. The van der Waals surface area contributed by atoms with Crippen LogP contribution in [0.4, 0.5) is 0 Å². The molecule has 0 spiro atoms. The van der Waals surface area contributed by atoms with E-state index in [0.29, 0.717) is 6.42 Å². The third-order valence-electron chi connectivity index (χ3n) is 1.77. The molecule has 0 heterocycles. The van der Waals surface area contributed by atoms with Gasteiger partial charge in [-0.15, -0.1) is 0 Å². The Balaban J connectivity index is 2.02. The van der Waals surface area contributed by atoms with Crippen molar-refractivity contribution in [1.29, 1.82) is 0 Å². The molecule has 0 aliphatic heterocycles. The first-order valence-corrected chi connectivity index (χ1v) is 3.48. The summed E-state index contributed by atoms with van der Waals surface area (Å²) in [4.78, 5) is 12.2. The Morgan fingerprint density at radius 1 is 1.67 bits per heavy atom. The summed E-state index contributed by atoms with van der Waals surface area (Å²) in [5.74, 6) is 0. The molecule has 0 saturated heterocycles. The number of hydrogen-bond acceptors (Lipinski definition) is 2. The van der Waals surface area contributed by atoms with Crippen LogP contribution < -0.4 is 0 Å². The third kappa shape index (κ3) is 2.14. The molecule has 2 heteroatoms. The SMILES string of the molecule is CN(CCC=O)C1CC1. The van der Waals surface area contributed by atoms with Gasteiger partial charge in [0.15, 0.2) is 0 Å². The smallest absolute Gasteiger partial charge is 0.121 e. The molecule has 0 aromatic carbocycles. The van der Waals surface area contributed by atoms with Crippen molar-refractivity contribution in [3.8, 4) is 0 Å². The van der Waals surface area contributed by atoms with Crippen LogP contribution in [0, 0.1) is 0 Å². The van der Waals surface area contributed by atoms with Gasteiger partial charge < -0.3 is 9.69 Å². The predicted octanol–water partition coefficient (Wildman–Crippen LogP) is 0.670. The number of hydrogen-bond donors (Lipinski definition) is 0. The van der Waals surface area contributed by atoms with Gasteiger partial charge in [0.1, 0.15) is 6.29 Å². The molecule has 9 heavy (non-hydrogen) atoms. The molecule has 1 rings (SSSR count). The largest absolute Gasteiger partial charge is 0.303 e. The number of carbonyl (C=O) groups is 1. The minimum Gasteiger partial charge on any atom is -0.303 e. The van der Waals surface area contributed by atoms with Gasteiger partial charge in [0.25, 0.3) is 0 Å². The number of nitrogens with zero attached hydrogens (tertiary/aromatic N) is 1. The minimum atomic E-state index is 0.687. The lowest BCUT2D eigenvalue weighted by molar-refractivity contribution is -0.108. The van der Waals surface area contributed by atoms with E-state index in [-0.39, 0.29) is 0 Å². The van der Waals surface area contributed by atoms with Gasteiger partial charge in [0, 0.05) is 19.0 Å². The second-order valence-corrected chi connectivity index (χ2v) is 2.67. The minimum absolute atomic E-state index is 0.687. The van der Waals surface area contributed by atoms with Crippen molar-refractivity contribution < 1.29 is 4.79 Å². The molecule has 2 nitrogen and oxygen atoms in total. The Labute approximate surface area is 55.8 Å². The average Bonchev–Trinajstić information content (AvgIpc) is 2.63. The average molecular weight is 127 g/mol. The van der Waals surface area contributed by atoms with Crippen LogP contribution in [0.2, 0.25) is 0 Å². The van der Waals surface area contributed by atoms with Crippen molar-refractivity contribution in [3.05, 3.63) is 0 Å². The zero-order chi connectivity index (χ0) is 6.69. The highest BCUT2D eigenvalue weighted by Crippen LogP contribution is 2.24. The van der Waals surface area contributed by atoms with E-state index in [0.717, 1.165) is 18.9 Å². The van der Waals surface area contributed by atoms with Crippen LogP contribution in [0.25, 0.3) is 0 Å². The van der Waals surface area contributed by atoms with Gasteiger partial charge >= 0.3 is 0 Å². The highest BCUT2D eigenvalue weighted by Gasteiger charge is 2.25. The lowest BCUT2D eigenvalue weighted by Gasteiger charge is -2.12. The Morgan fingerprint density at radius 3 is 2.78 bits per heavy atom. The van der Waals surface area contributed by atoms with Crippen molar-refractivity contribution in [2.75, 3.05) is 13.6 Å². The molecule has 0 aromatic heterocycles. The first-order chi connectivity index (χ1) is 4.34. The molecule has 0 amide bonds. The Hall–Kier alpha value is -0.370. The summed E-state index contributed by atoms with van der Waals surface area (Å²) in [6, 6.07) is 0.796. The van der Waals surface area contributed by atoms with Gasteiger partial charge in [-0.1, -0.05) is 0 Å². The highest BCUT2D eigenvalue weighted by atomic mass is 16.1. The van der Waals surface area contributed by atoms with E-state index in [1.807, 2.05) is 0 Å². The summed E-state index contributed by atoms with van der Waals surface area (Å²) in [5.41, 5.74) is 0. The molecule has 0 unspecified atom stereocenters. The van der Waals surface area contributed by atoms with Crippen molar-refractivity contribution in [2.45, 2.75) is 25.3 Å². The zero-order valence-electron chi connectivity index (χ0n) is 5.84. The molecule has 0 aromatic rings. The summed E-state index contributed by atoms with van der Waals surface area (Å²) >= 11 is 0. The second kappa shape index (κ2) is 2.97. The quantitative estimate of drug-likeness (QED) is 0.517. The fourth-order valence-electron chi connectivity index (χ4n) is 0.954. The summed E-state index contributed by atoms with van der Waals surface area (Å²) < 4.78 is 0. The van der Waals surface area contributed by atoms with Crippen molar-refractivity contribution in [3.63, 3.8) is 0 Å². The molecular formula is C7H13NO. The molecule has 0 radical (unpaired) electrons. The van der Waals surface area contributed by atoms with E-state index in [4.69, 9.17) is 0 Å². The molecule has 1 aliphatic carbocycles. The Bertz CT molecular complexity index is 99.1. The Morgan fingerprint density at radius 2 is 2.33 bits per heavy atom. The normalized spacial score (nSPS) is 18.4. The molecular weight excluding hydrogens is 114 g/mol. The van der Waals surface area contributed by atoms with Crippen LogP contribution in [-0.2, 0) is 4.79 Å². The number of aldehydes is 1. The topological polar surface area (TPSA) is 20.3 Å². The van der Waals surface area contributed by atoms with Gasteiger partial charge in [-0.3, -0.25) is 0 Å². The zero-order valence-corrected chi connectivity index (χ0v) is 5.84. The number of rotatable bonds is 4. The van der Waals surface area contributed by atoms with E-state index in [2.05, 4.69) is 11.9 Å². The Kier molecular flexibility index (Phi) is 2.22. The van der Waals surface area contributed by atoms with E-state index in [9.17, 15) is 4.79 Å². The monoisotopic (exact) mass is 127 g/mol. The van der Waals surface area contributed by atoms with Crippen LogP contribution in [0.3, 0.4) is 0 Å². The molecule has 1 saturated carbocycles. The molecule has 0 N–H and O–H groups in total. The summed E-state index contributed by atoms with van der Waals surface area (Å²) in [6.07, 6.45) is 4.33. The van der Waals surface area contributed by atoms with Crippen LogP contribution in [0.1, 0.15) is 19.3 Å². The number of carbonyl (C=O) groups excluding carboxylic acids is 1. The van der Waals surface area contributed by atoms with E-state index >= 15 is 0 Å². The lowest BCUT2D eigenvalue weighted by atomic mass is 10.4. The first kappa shape index (κ1) is 6.75. The third-order valence-corrected chi connectivity index (χ3v) is 1.77. The van der Waals surface area contributed by atoms with Gasteiger partial charge in [-0.05, 0) is 19.9 Å². The first-order valence-electron chi connectivity index (χ1n) is 3.48. The van der Waals surface area contributed by atoms with Crippen LogP contribution in [-0.4, -0.2) is 30.8 Å². The van der Waals surface area contributed by atoms with E-state index in [1.165, 1.54) is 12.8 Å². The predicted molar refractivity (Wildman–Crippen MR) is 36.3 cm³/mol. The maximum Gasteiger partial charge on any atom is 0.121 e. The summed E-state index contributed by atoms with van der Waals surface area (Å²) in [5, 5.41) is 0. The fourth-order valence-corrected chi connectivity index (χ4v) is 0.954. The van der Waals surface area contributed by atoms with Gasteiger partial charge in [-0.2, -0.15) is 0 Å². The van der Waals surface area contributed by atoms with E-state index < -0.39 is 0 Å². The van der Waals surface area contributed by atoms with Gasteiger partial charge in [0.2, 0.25) is 0 Å². The van der Waals surface area contributed by atoms with E-state index in [1.54, 1.807) is 0 Å². The molecule has 1 aliphatic rings. The lowest BCUT2D eigenvalue weighted by Crippen LogP contribution is -2.21.